The maximum Gasteiger partial charge on any atom is 0.322 e. The van der Waals surface area contributed by atoms with E-state index in [1.165, 1.54) is 12.3 Å². The molecule has 0 aliphatic heterocycles. The minimum Gasteiger partial charge on any atom is -0.490 e. The van der Waals surface area contributed by atoms with Gasteiger partial charge in [-0.05, 0) is 25.1 Å². The Kier molecular flexibility index (Phi) is 4.33. The second-order valence-corrected chi connectivity index (χ2v) is 3.69. The Hall–Kier alpha value is -2.83. The lowest BCUT2D eigenvalue weighted by Crippen LogP contribution is -2.15. The predicted octanol–water partition coefficient (Wildman–Crippen LogP) is 1.76. The molecule has 0 atom stereocenters. The molecule has 0 amide bonds. The number of nitrogens with zero attached hydrogens (tertiary/aromatic N) is 3. The van der Waals surface area contributed by atoms with Gasteiger partial charge in [0, 0.05) is 6.20 Å². The molecule has 0 fully saturated rings. The van der Waals surface area contributed by atoms with Crippen LogP contribution in [0.2, 0.25) is 0 Å². The molecule has 3 N–H and O–H groups in total. The smallest absolute Gasteiger partial charge is 0.322 e. The Morgan fingerprint density at radius 2 is 2.05 bits per heavy atom. The SMILES string of the molecule is CCOc1ccccc1Oc1nccc(/C(N)=N/O)n1. The van der Waals surface area contributed by atoms with E-state index < -0.39 is 0 Å². The zero-order valence-electron chi connectivity index (χ0n) is 10.9. The van der Waals surface area contributed by atoms with Crippen molar-refractivity contribution in [3.63, 3.8) is 0 Å². The van der Waals surface area contributed by atoms with Gasteiger partial charge in [0.15, 0.2) is 17.3 Å². The molecule has 0 aliphatic carbocycles. The molecule has 1 heterocycles. The van der Waals surface area contributed by atoms with Crippen LogP contribution < -0.4 is 15.2 Å². The van der Waals surface area contributed by atoms with Crippen LogP contribution in [0.15, 0.2) is 41.7 Å². The zero-order valence-corrected chi connectivity index (χ0v) is 10.9. The van der Waals surface area contributed by atoms with Crippen LogP contribution >= 0.6 is 0 Å². The van der Waals surface area contributed by atoms with E-state index in [1.807, 2.05) is 19.1 Å². The van der Waals surface area contributed by atoms with E-state index in [4.69, 9.17) is 20.4 Å². The fraction of sp³-hybridized carbons (Fsp3) is 0.154. The molecule has 0 radical (unpaired) electrons. The van der Waals surface area contributed by atoms with E-state index in [0.717, 1.165) is 0 Å². The predicted molar refractivity (Wildman–Crippen MR) is 72.2 cm³/mol. The molecule has 7 nitrogen and oxygen atoms in total. The molecule has 1 aromatic heterocycles. The highest BCUT2D eigenvalue weighted by molar-refractivity contribution is 5.95. The molecule has 2 aromatic rings. The number of oxime groups is 1. The maximum absolute atomic E-state index is 8.62. The Labute approximate surface area is 115 Å². The number of hydrogen-bond donors (Lipinski definition) is 2. The van der Waals surface area contributed by atoms with Gasteiger partial charge in [-0.3, -0.25) is 0 Å². The highest BCUT2D eigenvalue weighted by atomic mass is 16.5. The van der Waals surface area contributed by atoms with Gasteiger partial charge in [-0.25, -0.2) is 4.98 Å². The summed E-state index contributed by atoms with van der Waals surface area (Å²) in [6, 6.07) is 8.77. The van der Waals surface area contributed by atoms with Crippen LogP contribution in [0, 0.1) is 0 Å². The molecule has 0 saturated heterocycles. The van der Waals surface area contributed by atoms with Crippen molar-refractivity contribution in [1.82, 2.24) is 9.97 Å². The number of nitrogens with two attached hydrogens (primary N) is 1. The quantitative estimate of drug-likeness (QED) is 0.373. The summed E-state index contributed by atoms with van der Waals surface area (Å²) in [4.78, 5) is 8.01. The van der Waals surface area contributed by atoms with Crippen molar-refractivity contribution >= 4 is 5.84 Å². The van der Waals surface area contributed by atoms with Crippen molar-refractivity contribution in [3.8, 4) is 17.5 Å². The lowest BCUT2D eigenvalue weighted by atomic mass is 10.3. The first-order valence-corrected chi connectivity index (χ1v) is 5.95. The molecular formula is C13H14N4O3. The van der Waals surface area contributed by atoms with E-state index in [0.29, 0.717) is 18.1 Å². The van der Waals surface area contributed by atoms with E-state index in [1.54, 1.807) is 12.1 Å². The lowest BCUT2D eigenvalue weighted by Gasteiger charge is -2.10. The number of hydrogen-bond acceptors (Lipinski definition) is 6. The summed E-state index contributed by atoms with van der Waals surface area (Å²) in [5, 5.41) is 11.5. The van der Waals surface area contributed by atoms with Crippen molar-refractivity contribution in [3.05, 3.63) is 42.2 Å². The molecule has 20 heavy (non-hydrogen) atoms. The third kappa shape index (κ3) is 3.14. The fourth-order valence-electron chi connectivity index (χ4n) is 1.49. The lowest BCUT2D eigenvalue weighted by molar-refractivity contribution is 0.316. The van der Waals surface area contributed by atoms with Gasteiger partial charge >= 0.3 is 6.01 Å². The van der Waals surface area contributed by atoms with Gasteiger partial charge in [0.25, 0.3) is 0 Å². The number of aromatic nitrogens is 2. The fourth-order valence-corrected chi connectivity index (χ4v) is 1.49. The van der Waals surface area contributed by atoms with Gasteiger partial charge in [-0.2, -0.15) is 4.98 Å². The van der Waals surface area contributed by atoms with Crippen molar-refractivity contribution in [2.75, 3.05) is 6.61 Å². The number of ether oxygens (including phenoxy) is 2. The van der Waals surface area contributed by atoms with E-state index in [-0.39, 0.29) is 17.5 Å². The molecule has 0 bridgehead atoms. The van der Waals surface area contributed by atoms with Gasteiger partial charge in [-0.1, -0.05) is 17.3 Å². The van der Waals surface area contributed by atoms with Gasteiger partial charge in [0.2, 0.25) is 0 Å². The van der Waals surface area contributed by atoms with Crippen LogP contribution in [0.4, 0.5) is 0 Å². The third-order valence-electron chi connectivity index (χ3n) is 2.35. The van der Waals surface area contributed by atoms with Crippen LogP contribution in [0.3, 0.4) is 0 Å². The van der Waals surface area contributed by atoms with Crippen molar-refractivity contribution in [2.45, 2.75) is 6.92 Å². The van der Waals surface area contributed by atoms with Crippen LogP contribution in [0.1, 0.15) is 12.6 Å². The average Bonchev–Trinajstić information content (AvgIpc) is 2.49. The summed E-state index contributed by atoms with van der Waals surface area (Å²) in [7, 11) is 0. The second kappa shape index (κ2) is 6.37. The number of rotatable bonds is 5. The molecule has 7 heteroatoms. The first kappa shape index (κ1) is 13.6. The summed E-state index contributed by atoms with van der Waals surface area (Å²) < 4.78 is 11.0. The summed E-state index contributed by atoms with van der Waals surface area (Å²) in [5.41, 5.74) is 5.73. The summed E-state index contributed by atoms with van der Waals surface area (Å²) in [5.74, 6) is 0.967. The third-order valence-corrected chi connectivity index (χ3v) is 2.35. The largest absolute Gasteiger partial charge is 0.490 e. The van der Waals surface area contributed by atoms with Gasteiger partial charge < -0.3 is 20.4 Å². The summed E-state index contributed by atoms with van der Waals surface area (Å²) in [6.45, 7) is 2.40. The topological polar surface area (TPSA) is 103 Å². The minimum absolute atomic E-state index is 0.0845. The number of para-hydroxylation sites is 2. The monoisotopic (exact) mass is 274 g/mol. The Morgan fingerprint density at radius 1 is 1.30 bits per heavy atom. The first-order valence-electron chi connectivity index (χ1n) is 5.95. The second-order valence-electron chi connectivity index (χ2n) is 3.69. The van der Waals surface area contributed by atoms with Crippen molar-refractivity contribution in [2.24, 2.45) is 10.9 Å². The van der Waals surface area contributed by atoms with Crippen LogP contribution in [-0.2, 0) is 0 Å². The molecule has 0 unspecified atom stereocenters. The van der Waals surface area contributed by atoms with Crippen LogP contribution in [0.5, 0.6) is 17.5 Å². The summed E-state index contributed by atoms with van der Waals surface area (Å²) >= 11 is 0. The maximum atomic E-state index is 8.62. The minimum atomic E-state index is -0.115. The Bertz CT molecular complexity index is 616. The molecule has 1 aromatic carbocycles. The van der Waals surface area contributed by atoms with Crippen molar-refractivity contribution < 1.29 is 14.7 Å². The highest BCUT2D eigenvalue weighted by Crippen LogP contribution is 2.29. The zero-order chi connectivity index (χ0) is 14.4. The molecule has 0 saturated carbocycles. The average molecular weight is 274 g/mol. The van der Waals surface area contributed by atoms with Crippen LogP contribution in [0.25, 0.3) is 0 Å². The van der Waals surface area contributed by atoms with Crippen LogP contribution in [-0.4, -0.2) is 27.6 Å². The van der Waals surface area contributed by atoms with Crippen molar-refractivity contribution in [1.29, 1.82) is 0 Å². The molecule has 0 spiro atoms. The van der Waals surface area contributed by atoms with E-state index in [2.05, 4.69) is 15.1 Å². The number of benzene rings is 1. The van der Waals surface area contributed by atoms with E-state index in [9.17, 15) is 0 Å². The molecule has 0 aliphatic rings. The van der Waals surface area contributed by atoms with Gasteiger partial charge in [0.05, 0.1) is 6.61 Å². The Balaban J connectivity index is 2.26. The van der Waals surface area contributed by atoms with Gasteiger partial charge in [0.1, 0.15) is 5.69 Å². The normalized spacial score (nSPS) is 11.2. The summed E-state index contributed by atoms with van der Waals surface area (Å²) in [6.07, 6.45) is 1.46. The first-order chi connectivity index (χ1) is 9.74. The van der Waals surface area contributed by atoms with E-state index >= 15 is 0 Å². The Morgan fingerprint density at radius 3 is 2.75 bits per heavy atom. The molecule has 104 valence electrons. The van der Waals surface area contributed by atoms with Gasteiger partial charge in [-0.15, -0.1) is 0 Å². The standard InChI is InChI=1S/C13H14N4O3/c1-2-19-10-5-3-4-6-11(10)20-13-15-8-7-9(16-13)12(14)17-18/h3-8,18H,2H2,1H3,(H2,14,17). The molecular weight excluding hydrogens is 260 g/mol. The highest BCUT2D eigenvalue weighted by Gasteiger charge is 2.09. The molecule has 2 rings (SSSR count). The number of amidine groups is 1.